The second-order valence-corrected chi connectivity index (χ2v) is 6.19. The minimum absolute atomic E-state index is 0.503. The molecule has 0 aliphatic rings. The first-order valence-corrected chi connectivity index (χ1v) is 7.94. The maximum absolute atomic E-state index is 6.03. The maximum Gasteiger partial charge on any atom is 0.190 e. The topological polar surface area (TPSA) is 30.4 Å². The van der Waals surface area contributed by atoms with Crippen molar-refractivity contribution in [2.75, 3.05) is 0 Å². The van der Waals surface area contributed by atoms with Gasteiger partial charge in [-0.05, 0) is 37.3 Å². The Balaban J connectivity index is 2.02. The summed E-state index contributed by atoms with van der Waals surface area (Å²) in [5.41, 5.74) is 1.91. The monoisotopic (exact) mass is 338 g/mol. The molecule has 0 saturated carbocycles. The molecule has 0 aliphatic heterocycles. The molecule has 0 fully saturated rings. The lowest BCUT2D eigenvalue weighted by molar-refractivity contribution is 0.488. The van der Waals surface area contributed by atoms with Crippen LogP contribution in [0.4, 0.5) is 5.69 Å². The summed E-state index contributed by atoms with van der Waals surface area (Å²) < 4.78 is 7.51. The minimum Gasteiger partial charge on any atom is -0.467 e. The molecule has 0 radical (unpaired) electrons. The summed E-state index contributed by atoms with van der Waals surface area (Å²) in [6, 6.07) is 9.19. The third-order valence-electron chi connectivity index (χ3n) is 3.01. The zero-order chi connectivity index (χ0) is 14.8. The Morgan fingerprint density at radius 3 is 2.81 bits per heavy atom. The van der Waals surface area contributed by atoms with Crippen LogP contribution in [-0.2, 0) is 6.54 Å². The molecule has 0 amide bonds. The Morgan fingerprint density at radius 1 is 1.24 bits per heavy atom. The van der Waals surface area contributed by atoms with Gasteiger partial charge in [-0.15, -0.1) is 11.3 Å². The normalized spacial score (nSPS) is 12.0. The average molecular weight is 339 g/mol. The third-order valence-corrected chi connectivity index (χ3v) is 4.73. The predicted molar refractivity (Wildman–Crippen MR) is 86.5 cm³/mol. The highest BCUT2D eigenvalue weighted by Crippen LogP contribution is 2.26. The van der Waals surface area contributed by atoms with E-state index in [2.05, 4.69) is 14.9 Å². The third kappa shape index (κ3) is 3.23. The van der Waals surface area contributed by atoms with Crippen molar-refractivity contribution in [3.8, 4) is 0 Å². The van der Waals surface area contributed by atoms with E-state index < -0.39 is 0 Å². The quantitative estimate of drug-likeness (QED) is 0.658. The molecule has 0 bridgehead atoms. The molecule has 0 unspecified atom stereocenters. The van der Waals surface area contributed by atoms with Gasteiger partial charge < -0.3 is 8.98 Å². The Kier molecular flexibility index (Phi) is 4.19. The standard InChI is InChI=1S/C15H12Cl2N2OS/c1-10-9-21-15(19(10)8-12-3-2-6-20-12)18-11-4-5-13(16)14(17)7-11/h2-7,9H,8H2,1H3. The van der Waals surface area contributed by atoms with E-state index in [1.165, 1.54) is 0 Å². The van der Waals surface area contributed by atoms with E-state index in [9.17, 15) is 0 Å². The van der Waals surface area contributed by atoms with Gasteiger partial charge in [-0.2, -0.15) is 0 Å². The van der Waals surface area contributed by atoms with Crippen LogP contribution in [0.5, 0.6) is 0 Å². The van der Waals surface area contributed by atoms with Crippen molar-refractivity contribution < 1.29 is 4.42 Å². The molecule has 0 aliphatic carbocycles. The van der Waals surface area contributed by atoms with Crippen LogP contribution in [0.25, 0.3) is 0 Å². The molecule has 6 heteroatoms. The molecule has 2 aromatic heterocycles. The van der Waals surface area contributed by atoms with E-state index in [0.29, 0.717) is 16.6 Å². The lowest BCUT2D eigenvalue weighted by atomic mass is 10.3. The maximum atomic E-state index is 6.03. The van der Waals surface area contributed by atoms with Gasteiger partial charge in [0.1, 0.15) is 5.76 Å². The SMILES string of the molecule is Cc1csc(=Nc2ccc(Cl)c(Cl)c2)n1Cc1ccco1. The molecular formula is C15H12Cl2N2OS. The molecule has 3 nitrogen and oxygen atoms in total. The molecule has 3 aromatic rings. The first-order valence-electron chi connectivity index (χ1n) is 6.30. The molecule has 3 rings (SSSR count). The van der Waals surface area contributed by atoms with E-state index in [4.69, 9.17) is 27.6 Å². The van der Waals surface area contributed by atoms with Gasteiger partial charge in [0.15, 0.2) is 4.80 Å². The summed E-state index contributed by atoms with van der Waals surface area (Å²) in [5, 5.41) is 3.10. The number of aromatic nitrogens is 1. The molecule has 0 N–H and O–H groups in total. The van der Waals surface area contributed by atoms with Crippen LogP contribution >= 0.6 is 34.5 Å². The Bertz CT molecular complexity index is 819. The fraction of sp³-hybridized carbons (Fsp3) is 0.133. The first kappa shape index (κ1) is 14.4. The van der Waals surface area contributed by atoms with Crippen molar-refractivity contribution in [3.05, 3.63) is 68.3 Å². The van der Waals surface area contributed by atoms with Crippen LogP contribution < -0.4 is 4.80 Å². The fourth-order valence-corrected chi connectivity index (χ4v) is 3.11. The van der Waals surface area contributed by atoms with Crippen LogP contribution in [-0.4, -0.2) is 4.57 Å². The van der Waals surface area contributed by atoms with Gasteiger partial charge in [0, 0.05) is 11.1 Å². The van der Waals surface area contributed by atoms with E-state index >= 15 is 0 Å². The van der Waals surface area contributed by atoms with Crippen LogP contribution in [0, 0.1) is 6.92 Å². The molecule has 0 spiro atoms. The summed E-state index contributed by atoms with van der Waals surface area (Å²) in [6.07, 6.45) is 1.67. The number of hydrogen-bond acceptors (Lipinski definition) is 3. The van der Waals surface area contributed by atoms with Gasteiger partial charge in [0.05, 0.1) is 28.5 Å². The van der Waals surface area contributed by atoms with E-state index in [1.54, 1.807) is 29.7 Å². The number of rotatable bonds is 3. The Labute approximate surface area is 136 Å². The summed E-state index contributed by atoms with van der Waals surface area (Å²) in [5.74, 6) is 0.895. The molecular weight excluding hydrogens is 327 g/mol. The summed E-state index contributed by atoms with van der Waals surface area (Å²) in [6.45, 7) is 2.70. The lowest BCUT2D eigenvalue weighted by Gasteiger charge is -2.03. The highest BCUT2D eigenvalue weighted by atomic mass is 35.5. The summed E-state index contributed by atoms with van der Waals surface area (Å²) in [7, 11) is 0. The van der Waals surface area contributed by atoms with Crippen LogP contribution in [0.3, 0.4) is 0 Å². The van der Waals surface area contributed by atoms with E-state index in [0.717, 1.165) is 21.9 Å². The minimum atomic E-state index is 0.503. The molecule has 0 atom stereocenters. The van der Waals surface area contributed by atoms with Gasteiger partial charge in [0.25, 0.3) is 0 Å². The summed E-state index contributed by atoms with van der Waals surface area (Å²) >= 11 is 13.5. The van der Waals surface area contributed by atoms with Crippen LogP contribution in [0.1, 0.15) is 11.5 Å². The van der Waals surface area contributed by atoms with Crippen molar-refractivity contribution in [3.63, 3.8) is 0 Å². The number of halogens is 2. The van der Waals surface area contributed by atoms with Gasteiger partial charge in [-0.25, -0.2) is 4.99 Å². The van der Waals surface area contributed by atoms with E-state index in [1.807, 2.05) is 25.1 Å². The Hall–Kier alpha value is -1.49. The molecule has 21 heavy (non-hydrogen) atoms. The van der Waals surface area contributed by atoms with Crippen molar-refractivity contribution in [2.24, 2.45) is 4.99 Å². The molecule has 2 heterocycles. The number of nitrogens with zero attached hydrogens (tertiary/aromatic N) is 2. The number of hydrogen-bond donors (Lipinski definition) is 0. The molecule has 108 valence electrons. The zero-order valence-corrected chi connectivity index (χ0v) is 13.5. The number of aryl methyl sites for hydroxylation is 1. The largest absolute Gasteiger partial charge is 0.467 e. The highest BCUT2D eigenvalue weighted by Gasteiger charge is 2.05. The molecule has 0 saturated heterocycles. The van der Waals surface area contributed by atoms with Gasteiger partial charge in [-0.3, -0.25) is 0 Å². The van der Waals surface area contributed by atoms with Crippen molar-refractivity contribution in [2.45, 2.75) is 13.5 Å². The second kappa shape index (κ2) is 6.10. The van der Waals surface area contributed by atoms with E-state index in [-0.39, 0.29) is 0 Å². The lowest BCUT2D eigenvalue weighted by Crippen LogP contribution is -2.16. The highest BCUT2D eigenvalue weighted by molar-refractivity contribution is 7.07. The number of benzene rings is 1. The van der Waals surface area contributed by atoms with Crippen LogP contribution in [0.15, 0.2) is 51.4 Å². The van der Waals surface area contributed by atoms with Gasteiger partial charge in [0.2, 0.25) is 0 Å². The zero-order valence-electron chi connectivity index (χ0n) is 11.2. The smallest absolute Gasteiger partial charge is 0.190 e. The van der Waals surface area contributed by atoms with Crippen molar-refractivity contribution >= 4 is 40.2 Å². The predicted octanol–water partition coefficient (Wildman–Crippen LogP) is 5.04. The fourth-order valence-electron chi connectivity index (χ4n) is 1.92. The van der Waals surface area contributed by atoms with Gasteiger partial charge >= 0.3 is 0 Å². The summed E-state index contributed by atoms with van der Waals surface area (Å²) in [4.78, 5) is 5.53. The number of thiazole rings is 1. The van der Waals surface area contributed by atoms with Crippen molar-refractivity contribution in [1.29, 1.82) is 0 Å². The van der Waals surface area contributed by atoms with Crippen LogP contribution in [0.2, 0.25) is 10.0 Å². The van der Waals surface area contributed by atoms with Gasteiger partial charge in [-0.1, -0.05) is 23.2 Å². The average Bonchev–Trinajstić information content (AvgIpc) is 3.08. The number of furan rings is 1. The first-order chi connectivity index (χ1) is 10.1. The van der Waals surface area contributed by atoms with Crippen molar-refractivity contribution in [1.82, 2.24) is 4.57 Å². The Morgan fingerprint density at radius 2 is 2.10 bits per heavy atom. The second-order valence-electron chi connectivity index (χ2n) is 4.54. The molecule has 1 aromatic carbocycles.